The summed E-state index contributed by atoms with van der Waals surface area (Å²) >= 11 is 0. The Morgan fingerprint density at radius 2 is 2.12 bits per heavy atom. The second-order valence-corrected chi connectivity index (χ2v) is 2.78. The van der Waals surface area contributed by atoms with Crippen LogP contribution in [-0.4, -0.2) is 20.8 Å². The lowest BCUT2D eigenvalue weighted by Crippen LogP contribution is -2.04. The van der Waals surface area contributed by atoms with Crippen molar-refractivity contribution in [2.75, 3.05) is 7.11 Å². The summed E-state index contributed by atoms with van der Waals surface area (Å²) in [5, 5.41) is -0.477. The lowest BCUT2D eigenvalue weighted by molar-refractivity contribution is 0.270. The minimum atomic E-state index is -2.35. The van der Waals surface area contributed by atoms with Crippen molar-refractivity contribution in [3.63, 3.8) is 0 Å². The molecule has 0 N–H and O–H groups in total. The van der Waals surface area contributed by atoms with Crippen LogP contribution in [0, 0.1) is 6.61 Å². The van der Waals surface area contributed by atoms with Gasteiger partial charge in [0.05, 0.1) is 5.25 Å². The van der Waals surface area contributed by atoms with Gasteiger partial charge in [-0.25, -0.2) is 8.42 Å². The Hall–Kier alpha value is -0.0900. The summed E-state index contributed by atoms with van der Waals surface area (Å²) in [7, 11) is -0.922. The third kappa shape index (κ3) is 2.98. The highest BCUT2D eigenvalue weighted by Crippen LogP contribution is 1.91. The van der Waals surface area contributed by atoms with Crippen LogP contribution in [0.1, 0.15) is 6.92 Å². The molecule has 1 unspecified atom stereocenters. The Morgan fingerprint density at radius 3 is 2.25 bits per heavy atom. The molecule has 0 aromatic rings. The number of methoxy groups -OCH3 is 1. The van der Waals surface area contributed by atoms with E-state index in [1.165, 1.54) is 13.7 Å². The smallest absolute Gasteiger partial charge is 0.145 e. The molecule has 49 valence electrons. The normalized spacial score (nSPS) is 14.4. The molecule has 0 saturated heterocycles. The summed E-state index contributed by atoms with van der Waals surface area (Å²) in [6, 6.07) is 0. The van der Waals surface area contributed by atoms with Gasteiger partial charge in [-0.2, -0.15) is 0 Å². The summed E-state index contributed by atoms with van der Waals surface area (Å²) in [6.07, 6.45) is 0. The van der Waals surface area contributed by atoms with Gasteiger partial charge in [0.25, 0.3) is 0 Å². The maximum absolute atomic E-state index is 10.0. The maximum Gasteiger partial charge on any atom is 0.145 e. The van der Waals surface area contributed by atoms with Gasteiger partial charge < -0.3 is 4.74 Å². The molecule has 0 aromatic heterocycles. The summed E-state index contributed by atoms with van der Waals surface area (Å²) in [5.74, 6) is 0. The fourth-order valence-electron chi connectivity index (χ4n) is 0.247. The Morgan fingerprint density at radius 1 is 1.62 bits per heavy atom. The topological polar surface area (TPSA) is 43.4 Å². The lowest BCUT2D eigenvalue weighted by Gasteiger charge is -1.96. The Kier molecular flexibility index (Phi) is 3.81. The van der Waals surface area contributed by atoms with Crippen LogP contribution in [0.2, 0.25) is 0 Å². The molecule has 0 spiro atoms. The molecule has 0 fully saturated rings. The largest absolute Gasteiger partial charge is 0.377 e. The van der Waals surface area contributed by atoms with E-state index < -0.39 is 16.0 Å². The molecule has 1 atom stereocenters. The zero-order valence-corrected chi connectivity index (χ0v) is 5.72. The minimum absolute atomic E-state index is 0.477. The Labute approximate surface area is 50.6 Å². The van der Waals surface area contributed by atoms with Crippen LogP contribution in [0.15, 0.2) is 0 Å². The molecule has 0 aromatic carbocycles. The molecule has 0 heterocycles. The van der Waals surface area contributed by atoms with Crippen LogP contribution in [0.4, 0.5) is 0 Å². The van der Waals surface area contributed by atoms with Crippen LogP contribution < -0.4 is 0 Å². The van der Waals surface area contributed by atoms with Crippen molar-refractivity contribution in [3.8, 4) is 0 Å². The first-order chi connectivity index (χ1) is 3.68. The Balaban J connectivity index is 3.48. The second kappa shape index (κ2) is 3.86. The van der Waals surface area contributed by atoms with Crippen molar-refractivity contribution < 1.29 is 13.2 Å². The molecular weight excluding hydrogens is 128 g/mol. The molecule has 0 saturated carbocycles. The second-order valence-electron chi connectivity index (χ2n) is 1.40. The minimum Gasteiger partial charge on any atom is -0.377 e. The van der Waals surface area contributed by atoms with Gasteiger partial charge in [-0.3, -0.25) is 0 Å². The van der Waals surface area contributed by atoms with E-state index >= 15 is 0 Å². The van der Waals surface area contributed by atoms with E-state index in [-0.39, 0.29) is 0 Å². The third-order valence-corrected chi connectivity index (χ3v) is 1.45. The first kappa shape index (κ1) is 7.91. The van der Waals surface area contributed by atoms with E-state index in [2.05, 4.69) is 4.74 Å². The van der Waals surface area contributed by atoms with E-state index in [9.17, 15) is 8.42 Å². The fourth-order valence-corrected chi connectivity index (χ4v) is 0.468. The van der Waals surface area contributed by atoms with Crippen LogP contribution in [0.3, 0.4) is 0 Å². The first-order valence-electron chi connectivity index (χ1n) is 2.18. The highest BCUT2D eigenvalue weighted by molar-refractivity contribution is 7.73. The molecule has 0 aliphatic rings. The summed E-state index contributed by atoms with van der Waals surface area (Å²) in [4.78, 5) is 0. The fraction of sp³-hybridized carbons (Fsp3) is 0.750. The standard InChI is InChI=1S/C4H9O3S/c1-4(3-7-2)8(5)6/h3-4,8H,1-2H3. The van der Waals surface area contributed by atoms with Gasteiger partial charge in [-0.1, -0.05) is 0 Å². The van der Waals surface area contributed by atoms with Crippen molar-refractivity contribution in [1.82, 2.24) is 0 Å². The average Bonchev–Trinajstić information content (AvgIpc) is 1.67. The quantitative estimate of drug-likeness (QED) is 0.547. The van der Waals surface area contributed by atoms with Crippen molar-refractivity contribution in [2.45, 2.75) is 12.2 Å². The van der Waals surface area contributed by atoms with E-state index in [4.69, 9.17) is 0 Å². The molecule has 0 bridgehead atoms. The molecule has 3 nitrogen and oxygen atoms in total. The monoisotopic (exact) mass is 137 g/mol. The van der Waals surface area contributed by atoms with E-state index in [0.29, 0.717) is 0 Å². The number of thiol groups is 1. The van der Waals surface area contributed by atoms with Crippen molar-refractivity contribution in [3.05, 3.63) is 6.61 Å². The number of hydrogen-bond donors (Lipinski definition) is 1. The predicted octanol–water partition coefficient (Wildman–Crippen LogP) is -0.206. The average molecular weight is 137 g/mol. The molecule has 1 radical (unpaired) electrons. The van der Waals surface area contributed by atoms with Gasteiger partial charge >= 0.3 is 0 Å². The number of rotatable bonds is 3. The molecule has 4 heteroatoms. The van der Waals surface area contributed by atoms with Crippen LogP contribution in [-0.2, 0) is 15.4 Å². The van der Waals surface area contributed by atoms with Gasteiger partial charge in [0.2, 0.25) is 0 Å². The molecule has 0 amide bonds. The lowest BCUT2D eigenvalue weighted by atomic mass is 10.5. The molecule has 0 rings (SSSR count). The highest BCUT2D eigenvalue weighted by atomic mass is 32.2. The predicted molar refractivity (Wildman–Crippen MR) is 31.1 cm³/mol. The van der Waals surface area contributed by atoms with E-state index in [1.54, 1.807) is 6.92 Å². The molecular formula is C4H9O3S. The van der Waals surface area contributed by atoms with Gasteiger partial charge in [-0.15, -0.1) is 0 Å². The maximum atomic E-state index is 10.0. The van der Waals surface area contributed by atoms with Crippen molar-refractivity contribution in [2.24, 2.45) is 0 Å². The molecule has 0 aliphatic carbocycles. The van der Waals surface area contributed by atoms with Crippen LogP contribution in [0.25, 0.3) is 0 Å². The zero-order chi connectivity index (χ0) is 6.57. The van der Waals surface area contributed by atoms with Crippen molar-refractivity contribution in [1.29, 1.82) is 0 Å². The van der Waals surface area contributed by atoms with E-state index in [0.717, 1.165) is 0 Å². The SMILES string of the molecule is CO[CH]C(C)[SH](=O)=O. The van der Waals surface area contributed by atoms with Gasteiger partial charge in [0.15, 0.2) is 0 Å². The zero-order valence-electron chi connectivity index (χ0n) is 4.83. The molecule has 0 aliphatic heterocycles. The van der Waals surface area contributed by atoms with Crippen molar-refractivity contribution >= 4 is 10.7 Å². The summed E-state index contributed by atoms with van der Waals surface area (Å²) < 4.78 is 24.5. The first-order valence-corrected chi connectivity index (χ1v) is 3.42. The summed E-state index contributed by atoms with van der Waals surface area (Å²) in [5.41, 5.74) is 0. The van der Waals surface area contributed by atoms with Gasteiger partial charge in [0.1, 0.15) is 17.3 Å². The van der Waals surface area contributed by atoms with E-state index in [1.807, 2.05) is 0 Å². The number of ether oxygens (including phenoxy) is 1. The van der Waals surface area contributed by atoms with Gasteiger partial charge in [0, 0.05) is 7.11 Å². The highest BCUT2D eigenvalue weighted by Gasteiger charge is 2.01. The van der Waals surface area contributed by atoms with Crippen LogP contribution >= 0.6 is 0 Å². The third-order valence-electron chi connectivity index (χ3n) is 0.666. The Bertz CT molecular complexity index is 110. The summed E-state index contributed by atoms with van der Waals surface area (Å²) in [6.45, 7) is 2.82. The van der Waals surface area contributed by atoms with Gasteiger partial charge in [-0.05, 0) is 6.92 Å². The molecule has 8 heavy (non-hydrogen) atoms. The number of hydrogen-bond acceptors (Lipinski definition) is 3. The van der Waals surface area contributed by atoms with Crippen LogP contribution in [0.5, 0.6) is 0 Å².